The number of nitrogens with zero attached hydrogens (tertiary/aromatic N) is 1. The highest BCUT2D eigenvalue weighted by atomic mass is 32.1. The fourth-order valence-electron chi connectivity index (χ4n) is 2.58. The van der Waals surface area contributed by atoms with Crippen LogP contribution >= 0.6 is 11.3 Å². The summed E-state index contributed by atoms with van der Waals surface area (Å²) in [4.78, 5) is 49.7. The molecule has 9 nitrogen and oxygen atoms in total. The molecule has 0 aliphatic heterocycles. The number of aromatic nitrogens is 3. The van der Waals surface area contributed by atoms with Gasteiger partial charge in [-0.2, -0.15) is 5.26 Å². The molecule has 0 saturated carbocycles. The molecule has 4 N–H and O–H groups in total. The second-order valence-electron chi connectivity index (χ2n) is 5.60. The van der Waals surface area contributed by atoms with E-state index in [2.05, 4.69) is 25.2 Å². The predicted molar refractivity (Wildman–Crippen MR) is 94.2 cm³/mol. The summed E-state index contributed by atoms with van der Waals surface area (Å²) in [5.74, 6) is -0.812. The Morgan fingerprint density at radius 3 is 2.92 bits per heavy atom. The van der Waals surface area contributed by atoms with E-state index in [4.69, 9.17) is 5.26 Å². The van der Waals surface area contributed by atoms with Crippen molar-refractivity contribution in [2.45, 2.75) is 19.8 Å². The van der Waals surface area contributed by atoms with E-state index >= 15 is 0 Å². The summed E-state index contributed by atoms with van der Waals surface area (Å²) in [6.07, 6.45) is 3.04. The van der Waals surface area contributed by atoms with Gasteiger partial charge < -0.3 is 15.3 Å². The van der Waals surface area contributed by atoms with Crippen molar-refractivity contribution in [3.05, 3.63) is 49.8 Å². The van der Waals surface area contributed by atoms with Gasteiger partial charge in [0.1, 0.15) is 18.0 Å². The van der Waals surface area contributed by atoms with Crippen molar-refractivity contribution in [2.24, 2.45) is 0 Å². The van der Waals surface area contributed by atoms with Gasteiger partial charge in [0.15, 0.2) is 0 Å². The maximum Gasteiger partial charge on any atom is 0.360 e. The highest BCUT2D eigenvalue weighted by Gasteiger charge is 2.13. The Balaban J connectivity index is 1.66. The lowest BCUT2D eigenvalue weighted by molar-refractivity contribution is -0.232. The molecule has 0 fully saturated rings. The number of H-pyrrole nitrogens is 2. The van der Waals surface area contributed by atoms with Gasteiger partial charge in [0.2, 0.25) is 0 Å². The standard InChI is InChI=1S/C16H16N4O5S/c1-8-19-14-13(16(23)20-8)9(6-17-14)2-3-10-4-5-11(26-10)15(22)18-7-12(21)25-24/h4-6,24H,2-3,7H2,1H3,(H,18,22)(H2,17,19,20,23). The van der Waals surface area contributed by atoms with Gasteiger partial charge in [-0.25, -0.2) is 9.78 Å². The Morgan fingerprint density at radius 2 is 2.15 bits per heavy atom. The Hall–Kier alpha value is -2.98. The molecule has 10 heteroatoms. The molecule has 26 heavy (non-hydrogen) atoms. The first kappa shape index (κ1) is 17.8. The number of aryl methyl sites for hydroxylation is 3. The summed E-state index contributed by atoms with van der Waals surface area (Å²) in [7, 11) is 0. The highest BCUT2D eigenvalue weighted by Crippen LogP contribution is 2.20. The molecule has 0 aromatic carbocycles. The number of nitrogens with one attached hydrogen (secondary N) is 3. The van der Waals surface area contributed by atoms with E-state index in [-0.39, 0.29) is 5.56 Å². The van der Waals surface area contributed by atoms with Gasteiger partial charge >= 0.3 is 5.97 Å². The number of carbonyl (C=O) groups excluding carboxylic acids is 2. The molecular weight excluding hydrogens is 360 g/mol. The number of rotatable bonds is 6. The summed E-state index contributed by atoms with van der Waals surface area (Å²) in [5, 5.41) is 11.1. The molecule has 0 saturated heterocycles. The van der Waals surface area contributed by atoms with Crippen LogP contribution in [0.2, 0.25) is 0 Å². The van der Waals surface area contributed by atoms with Crippen LogP contribution < -0.4 is 10.9 Å². The Kier molecular flexibility index (Phi) is 5.14. The second-order valence-corrected chi connectivity index (χ2v) is 6.77. The van der Waals surface area contributed by atoms with E-state index in [0.717, 1.165) is 10.4 Å². The monoisotopic (exact) mass is 376 g/mol. The van der Waals surface area contributed by atoms with Gasteiger partial charge in [0.25, 0.3) is 11.5 Å². The zero-order valence-electron chi connectivity index (χ0n) is 13.8. The van der Waals surface area contributed by atoms with Crippen molar-refractivity contribution in [1.82, 2.24) is 20.3 Å². The number of thiophene rings is 1. The lowest BCUT2D eigenvalue weighted by atomic mass is 10.1. The SMILES string of the molecule is Cc1nc2[nH]cc(CCc3ccc(C(=O)NCC(=O)OO)s3)c2c(=O)[nH]1. The molecule has 1 amide bonds. The van der Waals surface area contributed by atoms with E-state index in [0.29, 0.717) is 34.6 Å². The molecule has 3 aromatic rings. The van der Waals surface area contributed by atoms with E-state index in [9.17, 15) is 14.4 Å². The van der Waals surface area contributed by atoms with Gasteiger partial charge in [-0.15, -0.1) is 11.3 Å². The molecule has 0 aliphatic carbocycles. The number of carbonyl (C=O) groups is 2. The average Bonchev–Trinajstić information content (AvgIpc) is 3.24. The molecule has 0 aliphatic rings. The molecule has 0 unspecified atom stereocenters. The number of hydrogen-bond donors (Lipinski definition) is 4. The Bertz CT molecular complexity index is 1020. The van der Waals surface area contributed by atoms with Crippen molar-refractivity contribution in [3.8, 4) is 0 Å². The lowest BCUT2D eigenvalue weighted by Crippen LogP contribution is -2.29. The van der Waals surface area contributed by atoms with Crippen LogP contribution in [-0.4, -0.2) is 38.6 Å². The fraction of sp³-hybridized carbons (Fsp3) is 0.250. The first-order chi connectivity index (χ1) is 12.5. The third kappa shape index (κ3) is 3.81. The van der Waals surface area contributed by atoms with Crippen LogP contribution in [0.5, 0.6) is 0 Å². The molecule has 0 atom stereocenters. The highest BCUT2D eigenvalue weighted by molar-refractivity contribution is 7.14. The maximum absolute atomic E-state index is 12.1. The third-order valence-electron chi connectivity index (χ3n) is 3.76. The quantitative estimate of drug-likeness (QED) is 0.376. The minimum Gasteiger partial charge on any atom is -0.346 e. The summed E-state index contributed by atoms with van der Waals surface area (Å²) in [5.41, 5.74) is 1.24. The molecule has 3 rings (SSSR count). The van der Waals surface area contributed by atoms with Crippen molar-refractivity contribution < 1.29 is 19.7 Å². The normalized spacial score (nSPS) is 10.8. The molecule has 136 valence electrons. The van der Waals surface area contributed by atoms with Crippen LogP contribution in [0.15, 0.2) is 23.1 Å². The van der Waals surface area contributed by atoms with Crippen LogP contribution in [0.25, 0.3) is 11.0 Å². The zero-order valence-corrected chi connectivity index (χ0v) is 14.6. The lowest BCUT2D eigenvalue weighted by Gasteiger charge is -2.00. The van der Waals surface area contributed by atoms with E-state index in [1.54, 1.807) is 19.2 Å². The van der Waals surface area contributed by atoms with Crippen LogP contribution in [0.4, 0.5) is 0 Å². The molecule has 0 spiro atoms. The van der Waals surface area contributed by atoms with E-state index in [1.165, 1.54) is 11.3 Å². The van der Waals surface area contributed by atoms with Gasteiger partial charge in [-0.3, -0.25) is 14.5 Å². The largest absolute Gasteiger partial charge is 0.360 e. The third-order valence-corrected chi connectivity index (χ3v) is 4.91. The number of aromatic amines is 2. The summed E-state index contributed by atoms with van der Waals surface area (Å²) in [6.45, 7) is 1.31. The van der Waals surface area contributed by atoms with Gasteiger partial charge in [0, 0.05) is 11.1 Å². The molecule has 3 heterocycles. The fourth-order valence-corrected chi connectivity index (χ4v) is 3.50. The molecule has 0 radical (unpaired) electrons. The molecule has 0 bridgehead atoms. The Morgan fingerprint density at radius 1 is 1.35 bits per heavy atom. The van der Waals surface area contributed by atoms with Crippen LogP contribution in [0.3, 0.4) is 0 Å². The summed E-state index contributed by atoms with van der Waals surface area (Å²) in [6, 6.07) is 3.48. The maximum atomic E-state index is 12.1. The summed E-state index contributed by atoms with van der Waals surface area (Å²) < 4.78 is 0. The first-order valence-electron chi connectivity index (χ1n) is 7.76. The van der Waals surface area contributed by atoms with E-state index in [1.807, 2.05) is 6.07 Å². The smallest absolute Gasteiger partial charge is 0.346 e. The zero-order chi connectivity index (χ0) is 18.7. The summed E-state index contributed by atoms with van der Waals surface area (Å²) >= 11 is 1.30. The second kappa shape index (κ2) is 7.50. The van der Waals surface area contributed by atoms with Gasteiger partial charge in [-0.1, -0.05) is 0 Å². The van der Waals surface area contributed by atoms with E-state index < -0.39 is 18.4 Å². The minimum absolute atomic E-state index is 0.175. The minimum atomic E-state index is -0.941. The van der Waals surface area contributed by atoms with Crippen LogP contribution in [0.1, 0.15) is 25.9 Å². The van der Waals surface area contributed by atoms with Crippen molar-refractivity contribution in [3.63, 3.8) is 0 Å². The molecular formula is C16H16N4O5S. The first-order valence-corrected chi connectivity index (χ1v) is 8.57. The molecule has 3 aromatic heterocycles. The Labute approximate surface area is 151 Å². The van der Waals surface area contributed by atoms with Crippen LogP contribution in [-0.2, 0) is 22.5 Å². The van der Waals surface area contributed by atoms with Crippen molar-refractivity contribution in [2.75, 3.05) is 6.54 Å². The van der Waals surface area contributed by atoms with Crippen molar-refractivity contribution in [1.29, 1.82) is 0 Å². The van der Waals surface area contributed by atoms with Gasteiger partial charge in [-0.05, 0) is 37.5 Å². The van der Waals surface area contributed by atoms with Crippen molar-refractivity contribution >= 4 is 34.2 Å². The average molecular weight is 376 g/mol. The number of hydrogen-bond acceptors (Lipinski definition) is 7. The predicted octanol–water partition coefficient (Wildman–Crippen LogP) is 1.15. The number of amides is 1. The number of fused-ring (bicyclic) bond motifs is 1. The van der Waals surface area contributed by atoms with Gasteiger partial charge in [0.05, 0.1) is 10.3 Å². The topological polar surface area (TPSA) is 137 Å². The van der Waals surface area contributed by atoms with Crippen LogP contribution in [0, 0.1) is 6.92 Å².